The van der Waals surface area contributed by atoms with E-state index in [9.17, 15) is 9.59 Å². The fraction of sp³-hybridized carbons (Fsp3) is 0.562. The van der Waals surface area contributed by atoms with Gasteiger partial charge in [0.1, 0.15) is 11.3 Å². The number of carbonyl (C=O) groups excluding carboxylic acids is 1. The second-order valence-corrected chi connectivity index (χ2v) is 11.2. The molecule has 3 aromatic rings. The largest absolute Gasteiger partial charge is 0.496 e. The summed E-state index contributed by atoms with van der Waals surface area (Å²) in [5.74, 6) is 1.02. The maximum atomic E-state index is 12.6. The Morgan fingerprint density at radius 3 is 2.44 bits per heavy atom. The molecule has 0 atom stereocenters. The number of hydrogen-bond donors (Lipinski definition) is 3. The molecule has 1 aromatic carbocycles. The molecule has 3 heterocycles. The first-order chi connectivity index (χ1) is 21.9. The number of amides is 1. The number of carboxylic acid groups (broad SMARTS) is 1. The van der Waals surface area contributed by atoms with E-state index in [1.807, 2.05) is 17.2 Å². The predicted molar refractivity (Wildman–Crippen MR) is 172 cm³/mol. The number of unbranched alkanes of at least 4 members (excludes halogenated alkanes) is 2. The van der Waals surface area contributed by atoms with E-state index in [0.29, 0.717) is 45.9 Å². The topological polar surface area (TPSA) is 157 Å². The van der Waals surface area contributed by atoms with Crippen molar-refractivity contribution >= 4 is 34.7 Å². The highest BCUT2D eigenvalue weighted by Crippen LogP contribution is 2.27. The van der Waals surface area contributed by atoms with Crippen LogP contribution in [0.2, 0.25) is 0 Å². The molecule has 0 unspecified atom stereocenters. The van der Waals surface area contributed by atoms with Gasteiger partial charge in [0.25, 0.3) is 0 Å². The summed E-state index contributed by atoms with van der Waals surface area (Å²) in [6.45, 7) is 8.46. The molecule has 1 aliphatic rings. The number of fused-ring (bicyclic) bond motifs is 1. The Morgan fingerprint density at radius 2 is 1.73 bits per heavy atom. The second kappa shape index (κ2) is 17.5. The highest BCUT2D eigenvalue weighted by molar-refractivity contribution is 5.87. The third kappa shape index (κ3) is 10.3. The standard InChI is InChI=1S/C32H47N7O6/c1-3-4-5-11-34-31-30-26(35-32(33)36-31)8-12-39(30)23-25-7-6-24(21-27(25)43-2)22-37-13-15-38(16-14-37)28(40)9-17-44-19-20-45-18-10-29(41)42/h6-8,12,21H,3-5,9-11,13-20,22-23H2,1-2H3,(H,41,42)(H3,33,34,35,36). The van der Waals surface area contributed by atoms with Gasteiger partial charge >= 0.3 is 5.97 Å². The number of ether oxygens (including phenoxy) is 3. The summed E-state index contributed by atoms with van der Waals surface area (Å²) in [4.78, 5) is 36.3. The van der Waals surface area contributed by atoms with E-state index in [-0.39, 0.29) is 24.9 Å². The number of nitrogens with two attached hydrogens (primary N) is 1. The molecule has 0 radical (unpaired) electrons. The minimum atomic E-state index is -0.889. The molecule has 45 heavy (non-hydrogen) atoms. The Morgan fingerprint density at radius 1 is 0.978 bits per heavy atom. The van der Waals surface area contributed by atoms with Crippen LogP contribution in [0.4, 0.5) is 11.8 Å². The van der Waals surface area contributed by atoms with Crippen molar-refractivity contribution in [2.45, 2.75) is 52.1 Å². The van der Waals surface area contributed by atoms with Crippen molar-refractivity contribution in [3.8, 4) is 5.75 Å². The number of aliphatic carboxylic acids is 1. The van der Waals surface area contributed by atoms with Crippen molar-refractivity contribution in [3.05, 3.63) is 41.6 Å². The molecule has 1 saturated heterocycles. The van der Waals surface area contributed by atoms with Crippen molar-refractivity contribution in [1.82, 2.24) is 24.3 Å². The Labute approximate surface area is 264 Å². The summed E-state index contributed by atoms with van der Waals surface area (Å²) in [5.41, 5.74) is 9.93. The normalized spacial score (nSPS) is 13.8. The molecule has 13 nitrogen and oxygen atoms in total. The number of hydrogen-bond acceptors (Lipinski definition) is 10. The van der Waals surface area contributed by atoms with Gasteiger partial charge in [-0.15, -0.1) is 0 Å². The molecular formula is C32H47N7O6. The van der Waals surface area contributed by atoms with Crippen molar-refractivity contribution in [1.29, 1.82) is 0 Å². The van der Waals surface area contributed by atoms with Gasteiger partial charge in [0.05, 0.1) is 58.4 Å². The van der Waals surface area contributed by atoms with Crippen LogP contribution in [-0.2, 0) is 32.2 Å². The van der Waals surface area contributed by atoms with Gasteiger partial charge in [-0.3, -0.25) is 14.5 Å². The fourth-order valence-electron chi connectivity index (χ4n) is 5.38. The molecular weight excluding hydrogens is 578 g/mol. The summed E-state index contributed by atoms with van der Waals surface area (Å²) >= 11 is 0. The maximum absolute atomic E-state index is 12.6. The van der Waals surface area contributed by atoms with E-state index in [2.05, 4.69) is 49.9 Å². The molecule has 0 aliphatic carbocycles. The van der Waals surface area contributed by atoms with Crippen LogP contribution in [0, 0.1) is 0 Å². The average molecular weight is 626 g/mol. The van der Waals surface area contributed by atoms with Crippen LogP contribution in [0.15, 0.2) is 30.5 Å². The monoisotopic (exact) mass is 625 g/mol. The van der Waals surface area contributed by atoms with Crippen LogP contribution < -0.4 is 15.8 Å². The van der Waals surface area contributed by atoms with Gasteiger partial charge in [0, 0.05) is 51.0 Å². The number of benzene rings is 1. The zero-order valence-corrected chi connectivity index (χ0v) is 26.5. The molecule has 0 bridgehead atoms. The lowest BCUT2D eigenvalue weighted by Gasteiger charge is -2.35. The molecule has 4 N–H and O–H groups in total. The third-order valence-corrected chi connectivity index (χ3v) is 7.82. The minimum Gasteiger partial charge on any atom is -0.496 e. The first-order valence-electron chi connectivity index (χ1n) is 15.8. The summed E-state index contributed by atoms with van der Waals surface area (Å²) in [6.07, 6.45) is 5.67. The van der Waals surface area contributed by atoms with Gasteiger partial charge in [-0.1, -0.05) is 31.9 Å². The van der Waals surface area contributed by atoms with E-state index >= 15 is 0 Å². The number of nitrogens with one attached hydrogen (secondary N) is 1. The molecule has 1 aliphatic heterocycles. The lowest BCUT2D eigenvalue weighted by Crippen LogP contribution is -2.48. The van der Waals surface area contributed by atoms with Crippen LogP contribution in [0.1, 0.15) is 50.2 Å². The summed E-state index contributed by atoms with van der Waals surface area (Å²) in [6, 6.07) is 8.32. The van der Waals surface area contributed by atoms with Crippen LogP contribution >= 0.6 is 0 Å². The summed E-state index contributed by atoms with van der Waals surface area (Å²) in [5, 5.41) is 12.1. The van der Waals surface area contributed by atoms with E-state index in [4.69, 9.17) is 25.1 Å². The average Bonchev–Trinajstić information content (AvgIpc) is 3.43. The third-order valence-electron chi connectivity index (χ3n) is 7.82. The van der Waals surface area contributed by atoms with Crippen molar-refractivity contribution in [2.24, 2.45) is 0 Å². The lowest BCUT2D eigenvalue weighted by molar-refractivity contribution is -0.138. The van der Waals surface area contributed by atoms with Crippen LogP contribution in [0.25, 0.3) is 11.0 Å². The van der Waals surface area contributed by atoms with Crippen molar-refractivity contribution in [2.75, 3.05) is 77.3 Å². The summed E-state index contributed by atoms with van der Waals surface area (Å²) < 4.78 is 18.6. The zero-order chi connectivity index (χ0) is 32.0. The zero-order valence-electron chi connectivity index (χ0n) is 26.5. The van der Waals surface area contributed by atoms with Gasteiger partial charge in [-0.2, -0.15) is 4.98 Å². The van der Waals surface area contributed by atoms with E-state index in [0.717, 1.165) is 79.2 Å². The van der Waals surface area contributed by atoms with Gasteiger partial charge in [-0.25, -0.2) is 4.98 Å². The SMILES string of the molecule is CCCCCNc1nc(N)nc2ccn(Cc3ccc(CN4CCN(C(=O)CCOCCOCCC(=O)O)CC4)cc3OC)c12. The van der Waals surface area contributed by atoms with Gasteiger partial charge < -0.3 is 39.8 Å². The number of carbonyl (C=O) groups is 2. The van der Waals surface area contributed by atoms with Gasteiger partial charge in [0.2, 0.25) is 11.9 Å². The first-order valence-corrected chi connectivity index (χ1v) is 15.8. The number of rotatable bonds is 19. The lowest BCUT2D eigenvalue weighted by atomic mass is 10.1. The number of methoxy groups -OCH3 is 1. The predicted octanol–water partition coefficient (Wildman–Crippen LogP) is 3.21. The Balaban J connectivity index is 1.26. The van der Waals surface area contributed by atoms with E-state index in [1.165, 1.54) is 0 Å². The van der Waals surface area contributed by atoms with Crippen molar-refractivity contribution < 1.29 is 28.9 Å². The van der Waals surface area contributed by atoms with E-state index < -0.39 is 5.97 Å². The van der Waals surface area contributed by atoms with Gasteiger partial charge in [-0.05, 0) is 24.1 Å². The minimum absolute atomic E-state index is 0.0276. The highest BCUT2D eigenvalue weighted by atomic mass is 16.5. The molecule has 4 rings (SSSR count). The van der Waals surface area contributed by atoms with Crippen LogP contribution in [0.3, 0.4) is 0 Å². The molecule has 1 amide bonds. The molecule has 1 fully saturated rings. The number of piperazine rings is 1. The quantitative estimate of drug-likeness (QED) is 0.168. The second-order valence-electron chi connectivity index (χ2n) is 11.2. The van der Waals surface area contributed by atoms with Crippen molar-refractivity contribution in [3.63, 3.8) is 0 Å². The molecule has 246 valence electrons. The highest BCUT2D eigenvalue weighted by Gasteiger charge is 2.21. The van der Waals surface area contributed by atoms with Crippen LogP contribution in [-0.4, -0.2) is 108 Å². The number of nitrogens with zero attached hydrogens (tertiary/aromatic N) is 5. The first kappa shape index (κ1) is 33.9. The Kier molecular flexibility index (Phi) is 13.2. The van der Waals surface area contributed by atoms with E-state index in [1.54, 1.807) is 7.11 Å². The Bertz CT molecular complexity index is 1390. The Hall–Kier alpha value is -3.94. The number of carboxylic acids is 1. The van der Waals surface area contributed by atoms with Crippen LogP contribution in [0.5, 0.6) is 5.75 Å². The molecule has 0 saturated carbocycles. The number of anilines is 2. The summed E-state index contributed by atoms with van der Waals surface area (Å²) in [7, 11) is 1.70. The fourth-order valence-corrected chi connectivity index (χ4v) is 5.38. The number of aromatic nitrogens is 3. The molecule has 2 aromatic heterocycles. The molecule has 0 spiro atoms. The smallest absolute Gasteiger partial charge is 0.305 e. The molecule has 13 heteroatoms. The van der Waals surface area contributed by atoms with Gasteiger partial charge in [0.15, 0.2) is 5.82 Å². The maximum Gasteiger partial charge on any atom is 0.305 e. The number of nitrogen functional groups attached to an aromatic ring is 1.